The van der Waals surface area contributed by atoms with E-state index in [1.165, 1.54) is 21.8 Å². The maximum Gasteiger partial charge on any atom is 0.348 e. The number of rotatable bonds is 4. The Morgan fingerprint density at radius 3 is 2.53 bits per heavy atom. The van der Waals surface area contributed by atoms with E-state index < -0.39 is 12.0 Å². The highest BCUT2D eigenvalue weighted by Gasteiger charge is 2.40. The molecule has 3 rings (SSSR count). The van der Waals surface area contributed by atoms with Crippen molar-refractivity contribution in [1.29, 1.82) is 0 Å². The zero-order valence-electron chi connectivity index (χ0n) is 18.5. The van der Waals surface area contributed by atoms with Gasteiger partial charge in [0.1, 0.15) is 10.9 Å². The summed E-state index contributed by atoms with van der Waals surface area (Å²) in [6.07, 6.45) is 5.65. The van der Waals surface area contributed by atoms with Gasteiger partial charge in [0.15, 0.2) is 0 Å². The van der Waals surface area contributed by atoms with Crippen LogP contribution in [0.3, 0.4) is 0 Å². The van der Waals surface area contributed by atoms with Crippen molar-refractivity contribution in [3.8, 4) is 0 Å². The predicted molar refractivity (Wildman–Crippen MR) is 119 cm³/mol. The Kier molecular flexibility index (Phi) is 6.41. The molecule has 2 heterocycles. The third-order valence-electron chi connectivity index (χ3n) is 6.07. The fraction of sp³-hybridized carbons (Fsp3) is 0.609. The maximum atomic E-state index is 13.7. The van der Waals surface area contributed by atoms with Crippen LogP contribution >= 0.6 is 11.3 Å². The molecule has 6 nitrogen and oxygen atoms in total. The smallest absolute Gasteiger partial charge is 0.348 e. The van der Waals surface area contributed by atoms with Crippen LogP contribution in [0, 0.1) is 5.92 Å². The molecule has 1 aliphatic carbocycles. The van der Waals surface area contributed by atoms with Crippen LogP contribution in [0.1, 0.15) is 74.3 Å². The van der Waals surface area contributed by atoms with E-state index in [9.17, 15) is 19.5 Å². The largest absolute Gasteiger partial charge is 0.477 e. The number of carbonyl (C=O) groups excluding carboxylic acids is 2. The van der Waals surface area contributed by atoms with E-state index in [1.54, 1.807) is 11.9 Å². The summed E-state index contributed by atoms with van der Waals surface area (Å²) in [5.41, 5.74) is 1.40. The summed E-state index contributed by atoms with van der Waals surface area (Å²) in [6, 6.07) is 1.17. The van der Waals surface area contributed by atoms with Crippen molar-refractivity contribution in [2.75, 3.05) is 18.5 Å². The van der Waals surface area contributed by atoms with Crippen LogP contribution in [0.4, 0.5) is 5.69 Å². The molecule has 1 saturated heterocycles. The summed E-state index contributed by atoms with van der Waals surface area (Å²) in [6.45, 7) is 8.79. The summed E-state index contributed by atoms with van der Waals surface area (Å²) in [4.78, 5) is 43.1. The quantitative estimate of drug-likeness (QED) is 0.714. The van der Waals surface area contributed by atoms with Crippen LogP contribution in [-0.2, 0) is 15.0 Å². The van der Waals surface area contributed by atoms with E-state index in [1.807, 2.05) is 26.8 Å². The zero-order chi connectivity index (χ0) is 22.2. The number of carboxylic acids is 1. The average molecular weight is 433 g/mol. The van der Waals surface area contributed by atoms with E-state index in [4.69, 9.17) is 0 Å². The number of carbonyl (C=O) groups is 3. The number of likely N-dealkylation sites (N-methyl/N-ethyl adjacent to an activating group) is 1. The molecule has 2 aliphatic rings. The molecule has 1 N–H and O–H groups in total. The number of hydrogen-bond acceptors (Lipinski definition) is 4. The molecule has 0 radical (unpaired) electrons. The van der Waals surface area contributed by atoms with E-state index in [0.717, 1.165) is 24.1 Å². The Morgan fingerprint density at radius 1 is 1.27 bits per heavy atom. The third-order valence-corrected chi connectivity index (χ3v) is 7.61. The van der Waals surface area contributed by atoms with Gasteiger partial charge in [-0.05, 0) is 50.5 Å². The van der Waals surface area contributed by atoms with Crippen LogP contribution < -0.4 is 4.90 Å². The van der Waals surface area contributed by atoms with Gasteiger partial charge >= 0.3 is 5.97 Å². The molecule has 0 spiro atoms. The van der Waals surface area contributed by atoms with Crippen molar-refractivity contribution < 1.29 is 19.5 Å². The Hall–Kier alpha value is -2.15. The van der Waals surface area contributed by atoms with Gasteiger partial charge in [-0.15, -0.1) is 11.3 Å². The Labute approximate surface area is 182 Å². The average Bonchev–Trinajstić information content (AvgIpc) is 3.11. The van der Waals surface area contributed by atoms with Gasteiger partial charge in [-0.2, -0.15) is 0 Å². The molecule has 2 atom stereocenters. The monoisotopic (exact) mass is 432 g/mol. The molecule has 0 aromatic carbocycles. The summed E-state index contributed by atoms with van der Waals surface area (Å²) >= 11 is 1.20. The molecule has 1 aromatic heterocycles. The SMILES string of the molecule is CC1=CCC(C(=O)N(c2cc(C(C)(C)C)sc2C(=O)O)[C@H]2CCCN(C)C2=O)CC1. The first-order valence-electron chi connectivity index (χ1n) is 10.6. The Balaban J connectivity index is 2.10. The fourth-order valence-electron chi connectivity index (χ4n) is 4.16. The highest BCUT2D eigenvalue weighted by molar-refractivity contribution is 7.14. The minimum absolute atomic E-state index is 0.114. The van der Waals surface area contributed by atoms with Crippen LogP contribution in [0.2, 0.25) is 0 Å². The molecule has 1 fully saturated rings. The number of thiophene rings is 1. The first-order valence-corrected chi connectivity index (χ1v) is 11.4. The summed E-state index contributed by atoms with van der Waals surface area (Å²) in [5.74, 6) is -1.53. The van der Waals surface area contributed by atoms with Crippen molar-refractivity contribution in [2.45, 2.75) is 71.3 Å². The van der Waals surface area contributed by atoms with Gasteiger partial charge in [-0.1, -0.05) is 32.4 Å². The van der Waals surface area contributed by atoms with Crippen molar-refractivity contribution in [2.24, 2.45) is 5.92 Å². The number of hydrogen-bond donors (Lipinski definition) is 1. The van der Waals surface area contributed by atoms with Gasteiger partial charge in [0.25, 0.3) is 0 Å². The second-order valence-electron chi connectivity index (χ2n) is 9.53. The second kappa shape index (κ2) is 8.53. The number of anilines is 1. The van der Waals surface area contributed by atoms with Crippen LogP contribution in [0.5, 0.6) is 0 Å². The molecule has 1 aliphatic heterocycles. The number of carboxylic acid groups (broad SMARTS) is 1. The number of nitrogens with zero attached hydrogens (tertiary/aromatic N) is 2. The maximum absolute atomic E-state index is 13.7. The van der Waals surface area contributed by atoms with Crippen LogP contribution in [-0.4, -0.2) is 47.4 Å². The van der Waals surface area contributed by atoms with Crippen molar-refractivity contribution in [1.82, 2.24) is 4.90 Å². The van der Waals surface area contributed by atoms with Crippen molar-refractivity contribution in [3.63, 3.8) is 0 Å². The molecule has 30 heavy (non-hydrogen) atoms. The highest BCUT2D eigenvalue weighted by atomic mass is 32.1. The van der Waals surface area contributed by atoms with Crippen molar-refractivity contribution in [3.05, 3.63) is 27.5 Å². The van der Waals surface area contributed by atoms with E-state index in [-0.39, 0.29) is 28.0 Å². The van der Waals surface area contributed by atoms with Crippen molar-refractivity contribution >= 4 is 34.8 Å². The van der Waals surface area contributed by atoms with Gasteiger partial charge in [-0.25, -0.2) is 4.79 Å². The fourth-order valence-corrected chi connectivity index (χ4v) is 5.20. The van der Waals surface area contributed by atoms with Gasteiger partial charge in [0.2, 0.25) is 11.8 Å². The molecule has 1 aromatic rings. The Bertz CT molecular complexity index is 880. The van der Waals surface area contributed by atoms with Crippen LogP contribution in [0.15, 0.2) is 17.7 Å². The zero-order valence-corrected chi connectivity index (χ0v) is 19.3. The van der Waals surface area contributed by atoms with Gasteiger partial charge in [0.05, 0.1) is 5.69 Å². The predicted octanol–water partition coefficient (Wildman–Crippen LogP) is 4.44. The number of amides is 2. The van der Waals surface area contributed by atoms with E-state index in [2.05, 4.69) is 13.0 Å². The topological polar surface area (TPSA) is 77.9 Å². The number of aromatic carboxylic acids is 1. The molecule has 0 bridgehead atoms. The normalized spacial score (nSPS) is 22.6. The first kappa shape index (κ1) is 22.5. The lowest BCUT2D eigenvalue weighted by molar-refractivity contribution is -0.136. The Morgan fingerprint density at radius 2 is 1.97 bits per heavy atom. The molecule has 7 heteroatoms. The first-order chi connectivity index (χ1) is 14.0. The highest BCUT2D eigenvalue weighted by Crippen LogP contribution is 2.40. The second-order valence-corrected chi connectivity index (χ2v) is 10.6. The lowest BCUT2D eigenvalue weighted by Crippen LogP contribution is -2.55. The summed E-state index contributed by atoms with van der Waals surface area (Å²) in [7, 11) is 1.75. The lowest BCUT2D eigenvalue weighted by Gasteiger charge is -2.38. The van der Waals surface area contributed by atoms with Gasteiger partial charge in [0, 0.05) is 24.4 Å². The number of allylic oxidation sites excluding steroid dienone is 2. The standard InChI is InChI=1S/C23H32N2O4S/c1-14-8-10-15(11-9-14)20(26)25(16-7-6-12-24(5)21(16)27)17-13-18(23(2,3)4)30-19(17)22(28)29/h8,13,15-16H,6-7,9-12H2,1-5H3,(H,28,29)/t15?,16-/m0/s1. The van der Waals surface area contributed by atoms with Gasteiger partial charge < -0.3 is 10.0 Å². The molecule has 2 amide bonds. The molecule has 164 valence electrons. The molecular formula is C23H32N2O4S. The number of piperidine rings is 1. The molecular weight excluding hydrogens is 400 g/mol. The molecule has 0 saturated carbocycles. The summed E-state index contributed by atoms with van der Waals surface area (Å²) in [5, 5.41) is 9.90. The summed E-state index contributed by atoms with van der Waals surface area (Å²) < 4.78 is 0. The molecule has 1 unspecified atom stereocenters. The van der Waals surface area contributed by atoms with E-state index >= 15 is 0 Å². The third kappa shape index (κ3) is 4.46. The van der Waals surface area contributed by atoms with E-state index in [0.29, 0.717) is 25.1 Å². The lowest BCUT2D eigenvalue weighted by atomic mass is 9.88. The van der Waals surface area contributed by atoms with Gasteiger partial charge in [-0.3, -0.25) is 14.5 Å². The van der Waals surface area contributed by atoms with Crippen LogP contribution in [0.25, 0.3) is 0 Å². The number of likely N-dealkylation sites (tertiary alicyclic amines) is 1. The minimum Gasteiger partial charge on any atom is -0.477 e. The minimum atomic E-state index is -1.06.